The van der Waals surface area contributed by atoms with E-state index >= 15 is 0 Å². The molecule has 1 fully saturated rings. The summed E-state index contributed by atoms with van der Waals surface area (Å²) in [6, 6.07) is 0. The number of halogens is 1. The number of anilines is 1. The summed E-state index contributed by atoms with van der Waals surface area (Å²) in [5.41, 5.74) is 0.990. The number of rotatable bonds is 1. The van der Waals surface area contributed by atoms with Crippen LogP contribution in [0.1, 0.15) is 0 Å². The smallest absolute Gasteiger partial charge is 0.211 e. The Morgan fingerprint density at radius 2 is 2.12 bits per heavy atom. The molecule has 3 heterocycles. The Balaban J connectivity index is 2.08. The van der Waals surface area contributed by atoms with Crippen molar-refractivity contribution in [3.63, 3.8) is 0 Å². The minimum atomic E-state index is 0.762. The van der Waals surface area contributed by atoms with Gasteiger partial charge in [0.2, 0.25) is 5.95 Å². The summed E-state index contributed by atoms with van der Waals surface area (Å²) in [6.07, 6.45) is 5.50. The van der Waals surface area contributed by atoms with Crippen molar-refractivity contribution in [1.82, 2.24) is 14.4 Å². The number of hydrogen-bond acceptors (Lipinski definition) is 4. The lowest BCUT2D eigenvalue weighted by atomic mass is 10.4. The van der Waals surface area contributed by atoms with Gasteiger partial charge in [0.25, 0.3) is 0 Å². The first kappa shape index (κ1) is 10.0. The van der Waals surface area contributed by atoms with E-state index in [1.165, 1.54) is 0 Å². The molecule has 3 rings (SSSR count). The van der Waals surface area contributed by atoms with Gasteiger partial charge < -0.3 is 9.64 Å². The van der Waals surface area contributed by atoms with Crippen LogP contribution >= 0.6 is 15.9 Å². The highest BCUT2D eigenvalue weighted by Gasteiger charge is 2.17. The van der Waals surface area contributed by atoms with Crippen molar-refractivity contribution < 1.29 is 4.74 Å². The second kappa shape index (κ2) is 4.03. The van der Waals surface area contributed by atoms with E-state index in [2.05, 4.69) is 30.8 Å². The van der Waals surface area contributed by atoms with Crippen molar-refractivity contribution in [2.75, 3.05) is 31.2 Å². The van der Waals surface area contributed by atoms with Gasteiger partial charge in [-0.05, 0) is 15.9 Å². The average Bonchev–Trinajstić information content (AvgIpc) is 2.69. The summed E-state index contributed by atoms with van der Waals surface area (Å²) in [5, 5.41) is 0. The van der Waals surface area contributed by atoms with E-state index in [1.54, 1.807) is 12.4 Å². The third-order valence-corrected chi connectivity index (χ3v) is 3.26. The molecule has 0 aliphatic carbocycles. The Morgan fingerprint density at radius 1 is 1.31 bits per heavy atom. The maximum atomic E-state index is 5.34. The van der Waals surface area contributed by atoms with Crippen molar-refractivity contribution in [3.05, 3.63) is 23.2 Å². The Labute approximate surface area is 101 Å². The third kappa shape index (κ3) is 1.58. The van der Waals surface area contributed by atoms with E-state index in [0.29, 0.717) is 0 Å². The van der Waals surface area contributed by atoms with E-state index < -0.39 is 0 Å². The molecule has 6 heteroatoms. The molecule has 5 nitrogen and oxygen atoms in total. The van der Waals surface area contributed by atoms with Crippen LogP contribution in [0.2, 0.25) is 0 Å². The van der Waals surface area contributed by atoms with Gasteiger partial charge in [-0.25, -0.2) is 4.98 Å². The van der Waals surface area contributed by atoms with Crippen LogP contribution in [0.5, 0.6) is 0 Å². The SMILES string of the molecule is Brc1nc(N2CCOCC2)n2ccncc12. The molecule has 0 saturated carbocycles. The fourth-order valence-corrected chi connectivity index (χ4v) is 2.33. The Bertz CT molecular complexity index is 506. The monoisotopic (exact) mass is 282 g/mol. The van der Waals surface area contributed by atoms with Crippen LogP contribution < -0.4 is 4.90 Å². The Morgan fingerprint density at radius 3 is 2.94 bits per heavy atom. The van der Waals surface area contributed by atoms with E-state index in [1.807, 2.05) is 10.6 Å². The first-order valence-electron chi connectivity index (χ1n) is 5.16. The summed E-state index contributed by atoms with van der Waals surface area (Å²) >= 11 is 3.45. The van der Waals surface area contributed by atoms with Crippen LogP contribution in [0.3, 0.4) is 0 Å². The molecule has 0 spiro atoms. The van der Waals surface area contributed by atoms with Gasteiger partial charge in [-0.2, -0.15) is 0 Å². The summed E-state index contributed by atoms with van der Waals surface area (Å²) in [5.74, 6) is 0.951. The first-order valence-corrected chi connectivity index (χ1v) is 5.96. The summed E-state index contributed by atoms with van der Waals surface area (Å²) < 4.78 is 8.22. The predicted molar refractivity (Wildman–Crippen MR) is 63.7 cm³/mol. The van der Waals surface area contributed by atoms with Crippen molar-refractivity contribution in [1.29, 1.82) is 0 Å². The fraction of sp³-hybridized carbons (Fsp3) is 0.400. The third-order valence-electron chi connectivity index (χ3n) is 2.68. The summed E-state index contributed by atoms with van der Waals surface area (Å²) in [6.45, 7) is 3.29. The van der Waals surface area contributed by atoms with Gasteiger partial charge in [0.05, 0.1) is 24.9 Å². The lowest BCUT2D eigenvalue weighted by Gasteiger charge is -2.26. The maximum absolute atomic E-state index is 5.34. The minimum absolute atomic E-state index is 0.762. The number of hydrogen-bond donors (Lipinski definition) is 0. The molecule has 1 aliphatic heterocycles. The summed E-state index contributed by atoms with van der Waals surface area (Å²) in [4.78, 5) is 10.8. The van der Waals surface area contributed by atoms with Crippen LogP contribution in [-0.2, 0) is 4.74 Å². The lowest BCUT2D eigenvalue weighted by molar-refractivity contribution is 0.122. The largest absolute Gasteiger partial charge is 0.378 e. The Hall–Kier alpha value is -1.14. The maximum Gasteiger partial charge on any atom is 0.211 e. The molecule has 0 bridgehead atoms. The zero-order chi connectivity index (χ0) is 11.0. The number of ether oxygens (including phenoxy) is 1. The molecule has 2 aromatic heterocycles. The number of aromatic nitrogens is 3. The van der Waals surface area contributed by atoms with Crippen molar-refractivity contribution in [2.45, 2.75) is 0 Å². The predicted octanol–water partition coefficient (Wildman–Crippen LogP) is 1.33. The molecule has 1 aliphatic rings. The molecule has 0 aromatic carbocycles. The normalized spacial score (nSPS) is 16.9. The van der Waals surface area contributed by atoms with Crippen LogP contribution in [0.15, 0.2) is 23.2 Å². The molecular weight excluding hydrogens is 272 g/mol. The molecule has 0 radical (unpaired) electrons. The molecule has 0 N–H and O–H groups in total. The molecular formula is C10H11BrN4O. The van der Waals surface area contributed by atoms with Crippen LogP contribution in [0.4, 0.5) is 5.95 Å². The fourth-order valence-electron chi connectivity index (χ4n) is 1.87. The second-order valence-corrected chi connectivity index (χ2v) is 4.38. The minimum Gasteiger partial charge on any atom is -0.378 e. The Kier molecular flexibility index (Phi) is 2.53. The van der Waals surface area contributed by atoms with Gasteiger partial charge >= 0.3 is 0 Å². The molecule has 0 unspecified atom stereocenters. The quantitative estimate of drug-likeness (QED) is 0.792. The van der Waals surface area contributed by atoms with Gasteiger partial charge in [0, 0.05) is 25.5 Å². The molecule has 84 valence electrons. The number of nitrogens with zero attached hydrogens (tertiary/aromatic N) is 4. The lowest BCUT2D eigenvalue weighted by Crippen LogP contribution is -2.37. The van der Waals surface area contributed by atoms with E-state index in [9.17, 15) is 0 Å². The highest BCUT2D eigenvalue weighted by molar-refractivity contribution is 9.10. The average molecular weight is 283 g/mol. The van der Waals surface area contributed by atoms with E-state index in [0.717, 1.165) is 42.4 Å². The van der Waals surface area contributed by atoms with Gasteiger partial charge in [-0.1, -0.05) is 0 Å². The molecule has 0 amide bonds. The second-order valence-electron chi connectivity index (χ2n) is 3.63. The van der Waals surface area contributed by atoms with Crippen molar-refractivity contribution in [2.24, 2.45) is 0 Å². The van der Waals surface area contributed by atoms with Gasteiger partial charge in [0.15, 0.2) is 0 Å². The zero-order valence-corrected chi connectivity index (χ0v) is 10.2. The van der Waals surface area contributed by atoms with Gasteiger partial charge in [-0.3, -0.25) is 9.38 Å². The standard InChI is InChI=1S/C10H11BrN4O/c11-9-8-7-12-1-2-15(8)10(13-9)14-3-5-16-6-4-14/h1-2,7H,3-6H2. The van der Waals surface area contributed by atoms with Crippen molar-refractivity contribution in [3.8, 4) is 0 Å². The van der Waals surface area contributed by atoms with Crippen molar-refractivity contribution >= 4 is 27.4 Å². The zero-order valence-electron chi connectivity index (χ0n) is 8.64. The van der Waals surface area contributed by atoms with Crippen LogP contribution in [0.25, 0.3) is 5.52 Å². The van der Waals surface area contributed by atoms with Crippen LogP contribution in [0, 0.1) is 0 Å². The molecule has 1 saturated heterocycles. The highest BCUT2D eigenvalue weighted by atomic mass is 79.9. The molecule has 2 aromatic rings. The van der Waals surface area contributed by atoms with Gasteiger partial charge in [-0.15, -0.1) is 0 Å². The topological polar surface area (TPSA) is 42.7 Å². The van der Waals surface area contributed by atoms with E-state index in [4.69, 9.17) is 4.74 Å². The number of fused-ring (bicyclic) bond motifs is 1. The van der Waals surface area contributed by atoms with Gasteiger partial charge in [0.1, 0.15) is 4.60 Å². The summed E-state index contributed by atoms with van der Waals surface area (Å²) in [7, 11) is 0. The molecule has 16 heavy (non-hydrogen) atoms. The highest BCUT2D eigenvalue weighted by Crippen LogP contribution is 2.23. The molecule has 0 atom stereocenters. The number of morpholine rings is 1. The van der Waals surface area contributed by atoms with E-state index in [-0.39, 0.29) is 0 Å². The van der Waals surface area contributed by atoms with Crippen LogP contribution in [-0.4, -0.2) is 40.7 Å². The number of imidazole rings is 1. The first-order chi connectivity index (χ1) is 7.86.